The third-order valence-corrected chi connectivity index (χ3v) is 4.69. The molecule has 2 atom stereocenters. The summed E-state index contributed by atoms with van der Waals surface area (Å²) < 4.78 is 5.33. The highest BCUT2D eigenvalue weighted by Gasteiger charge is 2.36. The maximum absolute atomic E-state index is 12.5. The van der Waals surface area contributed by atoms with Crippen molar-refractivity contribution in [3.8, 4) is 0 Å². The first kappa shape index (κ1) is 16.0. The zero-order chi connectivity index (χ0) is 16.2. The van der Waals surface area contributed by atoms with Crippen LogP contribution in [0.1, 0.15) is 30.4 Å². The van der Waals surface area contributed by atoms with E-state index in [1.54, 1.807) is 4.90 Å². The molecule has 2 amide bonds. The number of carbonyl (C=O) groups excluding carboxylic acids is 2. The molecular weight excluding hydrogens is 292 g/mol. The summed E-state index contributed by atoms with van der Waals surface area (Å²) >= 11 is 0. The first-order valence-corrected chi connectivity index (χ1v) is 8.34. The number of likely N-dealkylation sites (tertiary alicyclic amines) is 1. The molecule has 1 N–H and O–H groups in total. The van der Waals surface area contributed by atoms with E-state index in [0.717, 1.165) is 25.2 Å². The number of hydrogen-bond donors (Lipinski definition) is 1. The van der Waals surface area contributed by atoms with E-state index in [1.165, 1.54) is 5.56 Å². The Morgan fingerprint density at radius 2 is 2.09 bits per heavy atom. The summed E-state index contributed by atoms with van der Waals surface area (Å²) in [4.78, 5) is 26.3. The lowest BCUT2D eigenvalue weighted by molar-refractivity contribution is -0.135. The van der Waals surface area contributed by atoms with Gasteiger partial charge >= 0.3 is 0 Å². The Kier molecular flexibility index (Phi) is 4.96. The number of benzene rings is 1. The van der Waals surface area contributed by atoms with Gasteiger partial charge in [-0.1, -0.05) is 29.8 Å². The maximum atomic E-state index is 12.5. The van der Waals surface area contributed by atoms with Gasteiger partial charge in [0.05, 0.1) is 6.61 Å². The van der Waals surface area contributed by atoms with E-state index in [4.69, 9.17) is 4.74 Å². The molecule has 3 rings (SSSR count). The highest BCUT2D eigenvalue weighted by molar-refractivity contribution is 5.90. The Morgan fingerprint density at radius 3 is 2.78 bits per heavy atom. The van der Waals surface area contributed by atoms with Crippen molar-refractivity contribution < 1.29 is 14.3 Å². The van der Waals surface area contributed by atoms with Crippen molar-refractivity contribution in [2.24, 2.45) is 5.92 Å². The van der Waals surface area contributed by atoms with Gasteiger partial charge in [-0.25, -0.2) is 0 Å². The molecule has 5 heteroatoms. The minimum atomic E-state index is -0.342. The fourth-order valence-electron chi connectivity index (χ4n) is 3.20. The van der Waals surface area contributed by atoms with E-state index < -0.39 is 0 Å². The molecule has 124 valence electrons. The van der Waals surface area contributed by atoms with Gasteiger partial charge in [-0.15, -0.1) is 0 Å². The molecule has 0 saturated carbocycles. The predicted molar refractivity (Wildman–Crippen MR) is 86.7 cm³/mol. The number of aryl methyl sites for hydroxylation is 1. The highest BCUT2D eigenvalue weighted by atomic mass is 16.5. The third kappa shape index (κ3) is 3.91. The SMILES string of the molecule is Cc1ccc(CN2C(=O)CC[C@@H]2C(=O)NC[C@H]2CCOC2)cc1. The van der Waals surface area contributed by atoms with Crippen LogP contribution in [0.2, 0.25) is 0 Å². The average molecular weight is 316 g/mol. The number of nitrogens with one attached hydrogen (secondary N) is 1. The van der Waals surface area contributed by atoms with E-state index in [2.05, 4.69) is 5.32 Å². The number of carbonyl (C=O) groups is 2. The number of amides is 2. The summed E-state index contributed by atoms with van der Waals surface area (Å²) in [6.07, 6.45) is 2.06. The number of ether oxygens (including phenoxy) is 1. The summed E-state index contributed by atoms with van der Waals surface area (Å²) in [6, 6.07) is 7.76. The summed E-state index contributed by atoms with van der Waals surface area (Å²) in [5.74, 6) is 0.436. The van der Waals surface area contributed by atoms with Gasteiger partial charge in [0.2, 0.25) is 11.8 Å². The van der Waals surface area contributed by atoms with Gasteiger partial charge in [0.15, 0.2) is 0 Å². The van der Waals surface area contributed by atoms with Crippen LogP contribution >= 0.6 is 0 Å². The monoisotopic (exact) mass is 316 g/mol. The normalized spacial score (nSPS) is 24.2. The highest BCUT2D eigenvalue weighted by Crippen LogP contribution is 2.22. The van der Waals surface area contributed by atoms with Crippen molar-refractivity contribution in [1.29, 1.82) is 0 Å². The van der Waals surface area contributed by atoms with Crippen molar-refractivity contribution in [3.63, 3.8) is 0 Å². The van der Waals surface area contributed by atoms with Crippen molar-refractivity contribution in [2.75, 3.05) is 19.8 Å². The largest absolute Gasteiger partial charge is 0.381 e. The summed E-state index contributed by atoms with van der Waals surface area (Å²) in [7, 11) is 0. The van der Waals surface area contributed by atoms with E-state index in [9.17, 15) is 9.59 Å². The van der Waals surface area contributed by atoms with Gasteiger partial charge in [-0.3, -0.25) is 9.59 Å². The lowest BCUT2D eigenvalue weighted by atomic mass is 10.1. The fraction of sp³-hybridized carbons (Fsp3) is 0.556. The molecule has 0 bridgehead atoms. The Hall–Kier alpha value is -1.88. The van der Waals surface area contributed by atoms with Crippen LogP contribution in [0.5, 0.6) is 0 Å². The van der Waals surface area contributed by atoms with Crippen LogP contribution in [0, 0.1) is 12.8 Å². The third-order valence-electron chi connectivity index (χ3n) is 4.69. The Balaban J connectivity index is 1.59. The number of rotatable bonds is 5. The molecule has 2 saturated heterocycles. The molecule has 0 aliphatic carbocycles. The molecule has 0 radical (unpaired) electrons. The molecule has 0 unspecified atom stereocenters. The predicted octanol–water partition coefficient (Wildman–Crippen LogP) is 1.64. The van der Waals surface area contributed by atoms with Crippen molar-refractivity contribution >= 4 is 11.8 Å². The first-order valence-electron chi connectivity index (χ1n) is 8.34. The maximum Gasteiger partial charge on any atom is 0.242 e. The minimum Gasteiger partial charge on any atom is -0.381 e. The topological polar surface area (TPSA) is 58.6 Å². The van der Waals surface area contributed by atoms with Gasteiger partial charge in [-0.2, -0.15) is 0 Å². The van der Waals surface area contributed by atoms with Crippen LogP contribution in [0.25, 0.3) is 0 Å². The molecule has 2 aliphatic rings. The van der Waals surface area contributed by atoms with Crippen molar-refractivity contribution in [1.82, 2.24) is 10.2 Å². The van der Waals surface area contributed by atoms with E-state index >= 15 is 0 Å². The standard InChI is InChI=1S/C18H24N2O3/c1-13-2-4-14(5-3-13)11-20-16(6-7-17(20)21)18(22)19-10-15-8-9-23-12-15/h2-5,15-16H,6-12H2,1H3,(H,19,22)/t15-,16-/m1/s1. The fourth-order valence-corrected chi connectivity index (χ4v) is 3.20. The molecular formula is C18H24N2O3. The molecule has 2 fully saturated rings. The van der Waals surface area contributed by atoms with Gasteiger partial charge < -0.3 is 15.0 Å². The average Bonchev–Trinajstić information content (AvgIpc) is 3.18. The van der Waals surface area contributed by atoms with Crippen molar-refractivity contribution in [2.45, 2.75) is 38.8 Å². The molecule has 0 spiro atoms. The second-order valence-electron chi connectivity index (χ2n) is 6.54. The van der Waals surface area contributed by atoms with Gasteiger partial charge in [0.25, 0.3) is 0 Å². The van der Waals surface area contributed by atoms with Crippen molar-refractivity contribution in [3.05, 3.63) is 35.4 Å². The van der Waals surface area contributed by atoms with Crippen LogP contribution in [0.4, 0.5) is 0 Å². The Morgan fingerprint density at radius 1 is 1.30 bits per heavy atom. The first-order chi connectivity index (χ1) is 11.1. The van der Waals surface area contributed by atoms with E-state index in [-0.39, 0.29) is 17.9 Å². The molecule has 1 aromatic carbocycles. The minimum absolute atomic E-state index is 0.0325. The van der Waals surface area contributed by atoms with E-state index in [0.29, 0.717) is 31.8 Å². The second-order valence-corrected chi connectivity index (χ2v) is 6.54. The lowest BCUT2D eigenvalue weighted by Gasteiger charge is -2.24. The lowest BCUT2D eigenvalue weighted by Crippen LogP contribution is -2.45. The Bertz CT molecular complexity index is 564. The van der Waals surface area contributed by atoms with Gasteiger partial charge in [0, 0.05) is 32.0 Å². The van der Waals surface area contributed by atoms with Crippen LogP contribution in [-0.4, -0.2) is 42.5 Å². The number of hydrogen-bond acceptors (Lipinski definition) is 3. The molecule has 0 aromatic heterocycles. The quantitative estimate of drug-likeness (QED) is 0.898. The second kappa shape index (κ2) is 7.13. The van der Waals surface area contributed by atoms with Crippen LogP contribution in [-0.2, 0) is 20.9 Å². The zero-order valence-electron chi connectivity index (χ0n) is 13.6. The Labute approximate surface area is 137 Å². The van der Waals surface area contributed by atoms with Crippen LogP contribution < -0.4 is 5.32 Å². The summed E-state index contributed by atoms with van der Waals surface area (Å²) in [5.41, 5.74) is 2.25. The number of nitrogens with zero attached hydrogens (tertiary/aromatic N) is 1. The molecule has 23 heavy (non-hydrogen) atoms. The summed E-state index contributed by atoms with van der Waals surface area (Å²) in [6.45, 7) is 4.68. The molecule has 1 aromatic rings. The van der Waals surface area contributed by atoms with Crippen LogP contribution in [0.3, 0.4) is 0 Å². The van der Waals surface area contributed by atoms with Gasteiger partial charge in [0.1, 0.15) is 6.04 Å². The van der Waals surface area contributed by atoms with Crippen LogP contribution in [0.15, 0.2) is 24.3 Å². The molecule has 2 aliphatic heterocycles. The summed E-state index contributed by atoms with van der Waals surface area (Å²) in [5, 5.41) is 3.00. The van der Waals surface area contributed by atoms with E-state index in [1.807, 2.05) is 31.2 Å². The smallest absolute Gasteiger partial charge is 0.242 e. The zero-order valence-corrected chi connectivity index (χ0v) is 13.6. The molecule has 5 nitrogen and oxygen atoms in total. The van der Waals surface area contributed by atoms with Gasteiger partial charge in [-0.05, 0) is 25.3 Å². The molecule has 2 heterocycles.